The number of nitrogens with one attached hydrogen (secondary N) is 1. The van der Waals surface area contributed by atoms with Crippen LogP contribution in [0.25, 0.3) is 39.9 Å². The predicted octanol–water partition coefficient (Wildman–Crippen LogP) is 3.84. The minimum Gasteiger partial charge on any atom is -0.332 e. The Kier molecular flexibility index (Phi) is 7.47. The summed E-state index contributed by atoms with van der Waals surface area (Å²) in [5.41, 5.74) is 3.41. The third-order valence-corrected chi connectivity index (χ3v) is 6.58. The van der Waals surface area contributed by atoms with Gasteiger partial charge in [-0.3, -0.25) is 9.55 Å². The van der Waals surface area contributed by atoms with Crippen molar-refractivity contribution in [2.75, 3.05) is 12.7 Å². The highest BCUT2D eigenvalue weighted by Crippen LogP contribution is 2.35. The Morgan fingerprint density at radius 1 is 1.00 bits per heavy atom. The Labute approximate surface area is 216 Å². The fourth-order valence-electron chi connectivity index (χ4n) is 3.84. The number of pyridine rings is 1. The van der Waals surface area contributed by atoms with Crippen molar-refractivity contribution >= 4 is 7.60 Å². The quantitative estimate of drug-likeness (QED) is 0.178. The summed E-state index contributed by atoms with van der Waals surface area (Å²) >= 11 is 0. The van der Waals surface area contributed by atoms with Crippen molar-refractivity contribution < 1.29 is 23.3 Å². The molecule has 0 fully saturated rings. The van der Waals surface area contributed by atoms with Gasteiger partial charge in [-0.1, -0.05) is 46.8 Å². The molecule has 2 aromatic carbocycles. The van der Waals surface area contributed by atoms with Gasteiger partial charge in [0.05, 0.1) is 6.16 Å². The average Bonchev–Trinajstić information content (AvgIpc) is 3.57. The Balaban J connectivity index is 1.37. The maximum atomic E-state index is 14.6. The van der Waals surface area contributed by atoms with Gasteiger partial charge in [-0.2, -0.15) is 4.98 Å². The molecule has 38 heavy (non-hydrogen) atoms. The average molecular weight is 535 g/mol. The third-order valence-electron chi connectivity index (χ3n) is 5.68. The van der Waals surface area contributed by atoms with Crippen molar-refractivity contribution in [2.45, 2.75) is 13.0 Å². The Morgan fingerprint density at radius 3 is 2.50 bits per heavy atom. The maximum Gasteiger partial charge on any atom is 0.325 e. The minimum absolute atomic E-state index is 0.130. The molecule has 0 atom stereocenters. The summed E-state index contributed by atoms with van der Waals surface area (Å²) in [4.78, 5) is 26.4. The molecule has 3 N–H and O–H groups in total. The van der Waals surface area contributed by atoms with Crippen LogP contribution in [-0.2, 0) is 11.1 Å². The lowest BCUT2D eigenvalue weighted by atomic mass is 10.1. The molecule has 0 aliphatic carbocycles. The van der Waals surface area contributed by atoms with Crippen molar-refractivity contribution in [2.24, 2.45) is 0 Å². The Hall–Kier alpha value is -4.09. The molecule has 0 saturated heterocycles. The van der Waals surface area contributed by atoms with E-state index in [0.717, 1.165) is 11.1 Å². The van der Waals surface area contributed by atoms with Crippen LogP contribution in [0.1, 0.15) is 12.0 Å². The van der Waals surface area contributed by atoms with E-state index in [4.69, 9.17) is 14.3 Å². The zero-order valence-corrected chi connectivity index (χ0v) is 20.9. The zero-order valence-electron chi connectivity index (χ0n) is 20.0. The number of aromatic nitrogens is 6. The second kappa shape index (κ2) is 11.1. The van der Waals surface area contributed by atoms with Crippen LogP contribution in [-0.4, -0.2) is 52.6 Å². The lowest BCUT2D eigenvalue weighted by Gasteiger charge is -2.08. The van der Waals surface area contributed by atoms with Gasteiger partial charge in [-0.15, -0.1) is 5.10 Å². The van der Waals surface area contributed by atoms with Crippen LogP contribution in [0.3, 0.4) is 0 Å². The number of para-hydroxylation sites is 1. The molecule has 0 spiro atoms. The molecule has 0 unspecified atom stereocenters. The first-order chi connectivity index (χ1) is 18.4. The first-order valence-electron chi connectivity index (χ1n) is 11.7. The lowest BCUT2D eigenvalue weighted by Crippen LogP contribution is -2.15. The number of benzene rings is 2. The maximum absolute atomic E-state index is 14.6. The molecule has 0 aliphatic rings. The van der Waals surface area contributed by atoms with Gasteiger partial charge in [0, 0.05) is 30.1 Å². The van der Waals surface area contributed by atoms with Crippen LogP contribution in [0.15, 0.2) is 77.6 Å². The summed E-state index contributed by atoms with van der Waals surface area (Å²) in [7, 11) is -3.97. The molecule has 0 bridgehead atoms. The van der Waals surface area contributed by atoms with Crippen molar-refractivity contribution in [3.8, 4) is 39.9 Å². The molecule has 0 saturated carbocycles. The van der Waals surface area contributed by atoms with Crippen molar-refractivity contribution in [1.29, 1.82) is 0 Å². The summed E-state index contributed by atoms with van der Waals surface area (Å²) in [5.74, 6) is 0.0225. The highest BCUT2D eigenvalue weighted by molar-refractivity contribution is 7.51. The Morgan fingerprint density at radius 2 is 1.76 bits per heavy atom. The number of halogens is 1. The summed E-state index contributed by atoms with van der Waals surface area (Å²) < 4.78 is 32.5. The van der Waals surface area contributed by atoms with Crippen LogP contribution < -0.4 is 5.32 Å². The highest BCUT2D eigenvalue weighted by Gasteiger charge is 2.24. The van der Waals surface area contributed by atoms with Gasteiger partial charge in [0.1, 0.15) is 17.2 Å². The van der Waals surface area contributed by atoms with Gasteiger partial charge in [0.25, 0.3) is 5.89 Å². The molecule has 5 aromatic rings. The number of hydrogen-bond acceptors (Lipinski definition) is 8. The molecule has 194 valence electrons. The third kappa shape index (κ3) is 5.90. The highest BCUT2D eigenvalue weighted by atomic mass is 31.2. The fourth-order valence-corrected chi connectivity index (χ4v) is 4.41. The van der Waals surface area contributed by atoms with Gasteiger partial charge in [0.2, 0.25) is 5.82 Å². The molecule has 5 rings (SSSR count). The molecule has 0 radical (unpaired) electrons. The predicted molar refractivity (Wildman–Crippen MR) is 137 cm³/mol. The van der Waals surface area contributed by atoms with Crippen LogP contribution >= 0.6 is 7.60 Å². The molecule has 11 nitrogen and oxygen atoms in total. The monoisotopic (exact) mass is 535 g/mol. The van der Waals surface area contributed by atoms with Crippen LogP contribution in [0.2, 0.25) is 0 Å². The van der Waals surface area contributed by atoms with E-state index in [1.54, 1.807) is 42.7 Å². The second-order valence-electron chi connectivity index (χ2n) is 8.42. The summed E-state index contributed by atoms with van der Waals surface area (Å²) in [5, 5.41) is 15.7. The molecule has 0 aliphatic heterocycles. The molecule has 13 heteroatoms. The van der Waals surface area contributed by atoms with Gasteiger partial charge in [-0.05, 0) is 42.8 Å². The first-order valence-corrected chi connectivity index (χ1v) is 13.5. The van der Waals surface area contributed by atoms with Crippen LogP contribution in [0.5, 0.6) is 0 Å². The molecular formula is C25H23FN7O4P. The Bertz CT molecular complexity index is 1570. The number of hydrogen-bond donors (Lipinski definition) is 3. The van der Waals surface area contributed by atoms with Gasteiger partial charge in [0.15, 0.2) is 5.69 Å². The summed E-state index contributed by atoms with van der Waals surface area (Å²) in [6.07, 6.45) is 3.48. The largest absolute Gasteiger partial charge is 0.332 e. The van der Waals surface area contributed by atoms with Gasteiger partial charge in [-0.25, -0.2) is 9.07 Å². The van der Waals surface area contributed by atoms with E-state index in [1.165, 1.54) is 10.7 Å². The van der Waals surface area contributed by atoms with E-state index in [1.807, 2.05) is 24.3 Å². The van der Waals surface area contributed by atoms with E-state index >= 15 is 0 Å². The van der Waals surface area contributed by atoms with Crippen LogP contribution in [0, 0.1) is 5.82 Å². The van der Waals surface area contributed by atoms with E-state index in [-0.39, 0.29) is 17.7 Å². The van der Waals surface area contributed by atoms with E-state index in [9.17, 15) is 8.96 Å². The lowest BCUT2D eigenvalue weighted by molar-refractivity contribution is 0.371. The smallest absolute Gasteiger partial charge is 0.325 e. The van der Waals surface area contributed by atoms with E-state index in [0.29, 0.717) is 42.3 Å². The van der Waals surface area contributed by atoms with Crippen molar-refractivity contribution in [1.82, 2.24) is 35.4 Å². The summed E-state index contributed by atoms with van der Waals surface area (Å²) in [6.45, 7) is 1.04. The first kappa shape index (κ1) is 25.6. The molecule has 3 heterocycles. The fraction of sp³-hybridized carbons (Fsp3) is 0.160. The minimum atomic E-state index is -3.97. The topological polar surface area (TPSA) is 152 Å². The van der Waals surface area contributed by atoms with Crippen molar-refractivity contribution in [3.63, 3.8) is 0 Å². The number of nitrogens with zero attached hydrogens (tertiary/aromatic N) is 6. The molecular weight excluding hydrogens is 512 g/mol. The normalized spacial score (nSPS) is 11.7. The van der Waals surface area contributed by atoms with Crippen molar-refractivity contribution in [3.05, 3.63) is 84.4 Å². The second-order valence-corrected chi connectivity index (χ2v) is 10.2. The molecule has 0 amide bonds. The summed E-state index contributed by atoms with van der Waals surface area (Å²) in [6, 6.07) is 17.3. The van der Waals surface area contributed by atoms with E-state index in [2.05, 4.69) is 30.8 Å². The van der Waals surface area contributed by atoms with Gasteiger partial charge >= 0.3 is 7.60 Å². The van der Waals surface area contributed by atoms with E-state index < -0.39 is 13.4 Å². The standard InChI is InChI=1S/C25H23FN7O4P/c26-20-4-1-2-5-21(20)33-23(18-10-13-27-14-11-18)22(30-32-33)25-29-24(31-37-25)19-8-6-17(7-9-19)16-28-12-3-15-38(34,35)36/h1-2,4-11,13-14,28H,3,12,15-16H2,(H2,34,35,36). The van der Waals surface area contributed by atoms with Crippen LogP contribution in [0.4, 0.5) is 4.39 Å². The molecule has 3 aromatic heterocycles. The number of rotatable bonds is 10. The zero-order chi connectivity index (χ0) is 26.5. The van der Waals surface area contributed by atoms with Gasteiger partial charge < -0.3 is 19.6 Å². The SMILES string of the molecule is O=P(O)(O)CCCNCc1ccc(-c2noc(-c3nnn(-c4ccccc4F)c3-c3ccncc3)n2)cc1.